The van der Waals surface area contributed by atoms with Gasteiger partial charge in [0.15, 0.2) is 5.75 Å². The van der Waals surface area contributed by atoms with Gasteiger partial charge in [-0.15, -0.1) is 0 Å². The molecule has 0 bridgehead atoms. The van der Waals surface area contributed by atoms with Crippen LogP contribution in [0.5, 0.6) is 5.75 Å². The molecule has 0 radical (unpaired) electrons. The van der Waals surface area contributed by atoms with E-state index in [0.717, 1.165) is 34.7 Å². The lowest BCUT2D eigenvalue weighted by molar-refractivity contribution is -0.137. The van der Waals surface area contributed by atoms with Crippen molar-refractivity contribution < 1.29 is 32.6 Å². The summed E-state index contributed by atoms with van der Waals surface area (Å²) in [5, 5.41) is 11.3. The molecule has 1 unspecified atom stereocenters. The lowest BCUT2D eigenvalue weighted by atomic mass is 9.94. The maximum absolute atomic E-state index is 13.2. The highest BCUT2D eigenvalue weighted by atomic mass is 35.5. The number of alkyl halides is 3. The van der Waals surface area contributed by atoms with E-state index in [1.165, 1.54) is 19.2 Å². The molecule has 1 saturated heterocycles. The quantitative estimate of drug-likeness (QED) is 0.223. The van der Waals surface area contributed by atoms with E-state index in [9.17, 15) is 27.9 Å². The van der Waals surface area contributed by atoms with Gasteiger partial charge in [0, 0.05) is 11.3 Å². The van der Waals surface area contributed by atoms with Crippen LogP contribution in [0.15, 0.2) is 66.2 Å². The minimum Gasteiger partial charge on any atom is -0.507 e. The zero-order chi connectivity index (χ0) is 26.4. The molecule has 1 fully saturated rings. The Labute approximate surface area is 214 Å². The fraction of sp³-hybridized carbons (Fsp3) is 0.154. The van der Waals surface area contributed by atoms with Crippen LogP contribution in [0.25, 0.3) is 5.76 Å². The normalized spacial score (nSPS) is 17.5. The van der Waals surface area contributed by atoms with Gasteiger partial charge in [-0.25, -0.2) is 0 Å². The van der Waals surface area contributed by atoms with E-state index >= 15 is 0 Å². The number of amides is 1. The second-order valence-electron chi connectivity index (χ2n) is 8.10. The Bertz CT molecular complexity index is 1380. The molecule has 36 heavy (non-hydrogen) atoms. The van der Waals surface area contributed by atoms with E-state index in [-0.39, 0.29) is 32.6 Å². The summed E-state index contributed by atoms with van der Waals surface area (Å²) in [6, 6.07) is 12.3. The van der Waals surface area contributed by atoms with Crippen LogP contribution in [0.1, 0.15) is 28.3 Å². The number of ether oxygens (including phenoxy) is 1. The average molecular weight is 536 g/mol. The molecule has 0 spiro atoms. The molecule has 1 aliphatic heterocycles. The lowest BCUT2D eigenvalue weighted by Gasteiger charge is -2.26. The molecule has 1 aliphatic rings. The number of carbonyl (C=O) groups is 2. The van der Waals surface area contributed by atoms with Crippen LogP contribution in [0.3, 0.4) is 0 Å². The Hall–Kier alpha value is -3.49. The van der Waals surface area contributed by atoms with Gasteiger partial charge >= 0.3 is 6.18 Å². The average Bonchev–Trinajstić information content (AvgIpc) is 3.08. The third-order valence-corrected chi connectivity index (χ3v) is 6.31. The van der Waals surface area contributed by atoms with Crippen LogP contribution in [0, 0.1) is 6.92 Å². The standard InChI is InChI=1S/C26H18Cl2F3NO4/c1-13-4-3-5-14(10-13)21-20(22(33)15-11-18(27)24(36-2)19(28)12-15)23(34)25(35)32(21)17-8-6-16(7-9-17)26(29,30)31/h3-12,21,33H,1-2H3/b22-20+. The van der Waals surface area contributed by atoms with Crippen molar-refractivity contribution in [1.29, 1.82) is 0 Å². The molecule has 0 saturated carbocycles. The van der Waals surface area contributed by atoms with Crippen molar-refractivity contribution in [2.45, 2.75) is 19.1 Å². The van der Waals surface area contributed by atoms with Crippen LogP contribution < -0.4 is 9.64 Å². The SMILES string of the molecule is COc1c(Cl)cc(/C(O)=C2\C(=O)C(=O)N(c3ccc(C(F)(F)F)cc3)C2c2cccc(C)c2)cc1Cl. The first-order valence-corrected chi connectivity index (χ1v) is 11.3. The molecule has 3 aromatic carbocycles. The van der Waals surface area contributed by atoms with Crippen LogP contribution in [0.4, 0.5) is 18.9 Å². The summed E-state index contributed by atoms with van der Waals surface area (Å²) in [5.41, 5.74) is 0.234. The summed E-state index contributed by atoms with van der Waals surface area (Å²) >= 11 is 12.4. The number of ketones is 1. The van der Waals surface area contributed by atoms with E-state index in [1.807, 2.05) is 0 Å². The van der Waals surface area contributed by atoms with Gasteiger partial charge in [0.25, 0.3) is 11.7 Å². The first-order valence-electron chi connectivity index (χ1n) is 10.5. The summed E-state index contributed by atoms with van der Waals surface area (Å²) in [6.07, 6.45) is -4.57. The molecule has 0 aliphatic carbocycles. The maximum atomic E-state index is 13.2. The third-order valence-electron chi connectivity index (χ3n) is 5.75. The number of rotatable bonds is 4. The van der Waals surface area contributed by atoms with Crippen LogP contribution in [-0.4, -0.2) is 23.9 Å². The molecule has 3 aromatic rings. The first kappa shape index (κ1) is 25.6. The van der Waals surface area contributed by atoms with Gasteiger partial charge < -0.3 is 9.84 Å². The van der Waals surface area contributed by atoms with E-state index < -0.39 is 35.2 Å². The van der Waals surface area contributed by atoms with Crippen molar-refractivity contribution in [3.05, 3.63) is 98.5 Å². The van der Waals surface area contributed by atoms with Crippen molar-refractivity contribution in [2.24, 2.45) is 0 Å². The predicted octanol–water partition coefficient (Wildman–Crippen LogP) is 6.96. The van der Waals surface area contributed by atoms with Gasteiger partial charge in [-0.3, -0.25) is 14.5 Å². The molecule has 186 valence electrons. The van der Waals surface area contributed by atoms with Crippen molar-refractivity contribution in [3.63, 3.8) is 0 Å². The summed E-state index contributed by atoms with van der Waals surface area (Å²) < 4.78 is 44.4. The van der Waals surface area contributed by atoms with E-state index in [0.29, 0.717) is 5.56 Å². The van der Waals surface area contributed by atoms with Crippen molar-refractivity contribution in [1.82, 2.24) is 0 Å². The minimum absolute atomic E-state index is 0.0569. The number of aliphatic hydroxyl groups is 1. The van der Waals surface area contributed by atoms with E-state index in [1.54, 1.807) is 31.2 Å². The third kappa shape index (κ3) is 4.54. The van der Waals surface area contributed by atoms with Gasteiger partial charge in [0.05, 0.1) is 34.3 Å². The number of anilines is 1. The maximum Gasteiger partial charge on any atom is 0.416 e. The fourth-order valence-corrected chi connectivity index (χ4v) is 4.75. The fourth-order valence-electron chi connectivity index (χ4n) is 4.11. The Balaban J connectivity index is 1.93. The second kappa shape index (κ2) is 9.52. The van der Waals surface area contributed by atoms with Crippen molar-refractivity contribution in [3.8, 4) is 5.75 Å². The largest absolute Gasteiger partial charge is 0.507 e. The van der Waals surface area contributed by atoms with Gasteiger partial charge in [-0.1, -0.05) is 53.0 Å². The van der Waals surface area contributed by atoms with Crippen LogP contribution in [0.2, 0.25) is 10.0 Å². The van der Waals surface area contributed by atoms with Gasteiger partial charge in [-0.2, -0.15) is 13.2 Å². The molecular formula is C26H18Cl2F3NO4. The number of hydrogen-bond donors (Lipinski definition) is 1. The Morgan fingerprint density at radius 2 is 1.61 bits per heavy atom. The number of nitrogens with zero attached hydrogens (tertiary/aromatic N) is 1. The highest BCUT2D eigenvalue weighted by Gasteiger charge is 2.47. The molecule has 10 heteroatoms. The van der Waals surface area contributed by atoms with E-state index in [2.05, 4.69) is 0 Å². The summed E-state index contributed by atoms with van der Waals surface area (Å²) in [4.78, 5) is 27.5. The number of benzene rings is 3. The minimum atomic E-state index is -4.57. The highest BCUT2D eigenvalue weighted by Crippen LogP contribution is 2.44. The highest BCUT2D eigenvalue weighted by molar-refractivity contribution is 6.51. The second-order valence-corrected chi connectivity index (χ2v) is 8.92. The molecule has 4 rings (SSSR count). The zero-order valence-electron chi connectivity index (χ0n) is 18.9. The number of hydrogen-bond acceptors (Lipinski definition) is 4. The number of Topliss-reactive ketones (excluding diaryl/α,β-unsaturated/α-hetero) is 1. The number of methoxy groups -OCH3 is 1. The molecule has 1 heterocycles. The molecule has 5 nitrogen and oxygen atoms in total. The van der Waals surface area contributed by atoms with Gasteiger partial charge in [-0.05, 0) is 48.9 Å². The van der Waals surface area contributed by atoms with Gasteiger partial charge in [0.2, 0.25) is 0 Å². The number of carbonyl (C=O) groups excluding carboxylic acids is 2. The van der Waals surface area contributed by atoms with Crippen molar-refractivity contribution >= 4 is 46.3 Å². The number of halogens is 5. The Kier molecular flexibility index (Phi) is 6.77. The summed E-state index contributed by atoms with van der Waals surface area (Å²) in [7, 11) is 1.36. The molecular weight excluding hydrogens is 518 g/mol. The topological polar surface area (TPSA) is 66.8 Å². The van der Waals surface area contributed by atoms with Crippen LogP contribution in [-0.2, 0) is 15.8 Å². The smallest absolute Gasteiger partial charge is 0.416 e. The summed E-state index contributed by atoms with van der Waals surface area (Å²) in [5.74, 6) is -2.40. The monoisotopic (exact) mass is 535 g/mol. The Morgan fingerprint density at radius 1 is 1.00 bits per heavy atom. The number of aryl methyl sites for hydroxylation is 1. The first-order chi connectivity index (χ1) is 16.9. The van der Waals surface area contributed by atoms with E-state index in [4.69, 9.17) is 27.9 Å². The molecule has 1 N–H and O–H groups in total. The Morgan fingerprint density at radius 3 is 2.14 bits per heavy atom. The lowest BCUT2D eigenvalue weighted by Crippen LogP contribution is -2.29. The molecule has 0 aromatic heterocycles. The van der Waals surface area contributed by atoms with Gasteiger partial charge in [0.1, 0.15) is 5.76 Å². The molecule has 1 atom stereocenters. The molecule has 1 amide bonds. The predicted molar refractivity (Wildman–Crippen MR) is 130 cm³/mol. The zero-order valence-corrected chi connectivity index (χ0v) is 20.4. The number of aliphatic hydroxyl groups excluding tert-OH is 1. The van der Waals surface area contributed by atoms with Crippen molar-refractivity contribution in [2.75, 3.05) is 12.0 Å². The van der Waals surface area contributed by atoms with Crippen LogP contribution >= 0.6 is 23.2 Å². The summed E-state index contributed by atoms with van der Waals surface area (Å²) in [6.45, 7) is 1.80.